The number of hydrogen-bond acceptors (Lipinski definition) is 2. The zero-order valence-corrected chi connectivity index (χ0v) is 10.6. The molecule has 2 rings (SSSR count). The number of rotatable bonds is 3. The number of nitrogens with zero attached hydrogens (tertiary/aromatic N) is 2. The Morgan fingerprint density at radius 3 is 2.94 bits per heavy atom. The van der Waals surface area contributed by atoms with Gasteiger partial charge >= 0.3 is 0 Å². The molecule has 0 aliphatic carbocycles. The van der Waals surface area contributed by atoms with Crippen molar-refractivity contribution in [3.63, 3.8) is 0 Å². The molecule has 0 fully saturated rings. The minimum Gasteiger partial charge on any atom is -0.311 e. The molecule has 0 bridgehead atoms. The second-order valence-corrected chi connectivity index (χ2v) is 4.61. The molecule has 3 nitrogen and oxygen atoms in total. The molecule has 1 aromatic rings. The number of fused-ring (bicyclic) bond motifs is 1. The van der Waals surface area contributed by atoms with E-state index < -0.39 is 0 Å². The summed E-state index contributed by atoms with van der Waals surface area (Å²) in [5, 5.41) is 0. The van der Waals surface area contributed by atoms with Crippen molar-refractivity contribution in [2.24, 2.45) is 0 Å². The van der Waals surface area contributed by atoms with Crippen LogP contribution in [0.2, 0.25) is 0 Å². The highest BCUT2D eigenvalue weighted by Gasteiger charge is 2.22. The highest BCUT2D eigenvalue weighted by atomic mass is 16.2. The molecule has 0 saturated carbocycles. The van der Waals surface area contributed by atoms with Crippen LogP contribution in [0.25, 0.3) is 0 Å². The second-order valence-electron chi connectivity index (χ2n) is 4.61. The fourth-order valence-corrected chi connectivity index (χ4v) is 2.22. The molecule has 0 radical (unpaired) electrons. The largest absolute Gasteiger partial charge is 0.311 e. The molecule has 1 amide bonds. The monoisotopic (exact) mass is 232 g/mol. The normalized spacial score (nSPS) is 14.9. The molecule has 3 heteroatoms. The predicted molar refractivity (Wildman–Crippen MR) is 70.3 cm³/mol. The molecular weight excluding hydrogens is 212 g/mol. The van der Waals surface area contributed by atoms with E-state index in [4.69, 9.17) is 0 Å². The van der Waals surface area contributed by atoms with Crippen molar-refractivity contribution in [3.8, 4) is 0 Å². The predicted octanol–water partition coefficient (Wildman–Crippen LogP) is 1.92. The summed E-state index contributed by atoms with van der Waals surface area (Å²) in [5.74, 6) is 0.210. The number of benzene rings is 1. The van der Waals surface area contributed by atoms with E-state index in [9.17, 15) is 4.79 Å². The first-order chi connectivity index (χ1) is 8.22. The summed E-state index contributed by atoms with van der Waals surface area (Å²) < 4.78 is 0. The summed E-state index contributed by atoms with van der Waals surface area (Å²) in [6, 6.07) is 8.23. The molecule has 0 saturated heterocycles. The van der Waals surface area contributed by atoms with E-state index in [0.717, 1.165) is 31.6 Å². The summed E-state index contributed by atoms with van der Waals surface area (Å²) in [5.41, 5.74) is 2.40. The van der Waals surface area contributed by atoms with Crippen LogP contribution in [-0.4, -0.2) is 37.5 Å². The van der Waals surface area contributed by atoms with Gasteiger partial charge in [-0.15, -0.1) is 0 Å². The van der Waals surface area contributed by atoms with Gasteiger partial charge in [-0.25, -0.2) is 0 Å². The van der Waals surface area contributed by atoms with Gasteiger partial charge in [-0.05, 0) is 38.1 Å². The van der Waals surface area contributed by atoms with Crippen LogP contribution in [0.4, 0.5) is 5.69 Å². The van der Waals surface area contributed by atoms with E-state index in [-0.39, 0.29) is 5.91 Å². The lowest BCUT2D eigenvalue weighted by molar-refractivity contribution is -0.119. The van der Waals surface area contributed by atoms with Gasteiger partial charge in [0.2, 0.25) is 5.91 Å². The van der Waals surface area contributed by atoms with E-state index >= 15 is 0 Å². The Balaban J connectivity index is 2.15. The molecule has 1 aliphatic rings. The van der Waals surface area contributed by atoms with Crippen LogP contribution >= 0.6 is 0 Å². The molecule has 0 atom stereocenters. The Bertz CT molecular complexity index is 403. The minimum atomic E-state index is 0.210. The van der Waals surface area contributed by atoms with Gasteiger partial charge in [0.15, 0.2) is 0 Å². The topological polar surface area (TPSA) is 23.6 Å². The van der Waals surface area contributed by atoms with Gasteiger partial charge in [0.25, 0.3) is 0 Å². The molecule has 1 aromatic carbocycles. The van der Waals surface area contributed by atoms with Crippen molar-refractivity contribution in [1.82, 2.24) is 4.90 Å². The minimum absolute atomic E-state index is 0.210. The van der Waals surface area contributed by atoms with Crippen LogP contribution in [0.5, 0.6) is 0 Å². The zero-order valence-electron chi connectivity index (χ0n) is 10.6. The molecule has 92 valence electrons. The summed E-state index contributed by atoms with van der Waals surface area (Å²) in [7, 11) is 1.98. The number of carbonyl (C=O) groups is 1. The lowest BCUT2D eigenvalue weighted by Gasteiger charge is -2.30. The van der Waals surface area contributed by atoms with Crippen molar-refractivity contribution >= 4 is 11.6 Å². The lowest BCUT2D eigenvalue weighted by atomic mass is 10.0. The first kappa shape index (κ1) is 12.1. The van der Waals surface area contributed by atoms with Crippen LogP contribution in [0.1, 0.15) is 18.9 Å². The summed E-state index contributed by atoms with van der Waals surface area (Å²) in [6.07, 6.45) is 2.15. The van der Waals surface area contributed by atoms with E-state index in [2.05, 4.69) is 19.1 Å². The van der Waals surface area contributed by atoms with Crippen molar-refractivity contribution in [2.75, 3.05) is 31.6 Å². The molecule has 1 heterocycles. The average molecular weight is 232 g/mol. The van der Waals surface area contributed by atoms with Gasteiger partial charge in [-0.2, -0.15) is 0 Å². The Morgan fingerprint density at radius 1 is 1.41 bits per heavy atom. The average Bonchev–Trinajstić information content (AvgIpc) is 2.37. The fourth-order valence-electron chi connectivity index (χ4n) is 2.22. The third kappa shape index (κ3) is 2.67. The number of anilines is 1. The van der Waals surface area contributed by atoms with Crippen molar-refractivity contribution < 1.29 is 4.79 Å². The molecule has 0 aromatic heterocycles. The summed E-state index contributed by atoms with van der Waals surface area (Å²) in [6.45, 7) is 4.33. The van der Waals surface area contributed by atoms with E-state index in [1.165, 1.54) is 5.56 Å². The Morgan fingerprint density at radius 2 is 2.18 bits per heavy atom. The number of aryl methyl sites for hydroxylation is 1. The Labute approximate surface area is 103 Å². The molecular formula is C14H20N2O. The first-order valence-electron chi connectivity index (χ1n) is 6.29. The van der Waals surface area contributed by atoms with Crippen molar-refractivity contribution in [1.29, 1.82) is 0 Å². The van der Waals surface area contributed by atoms with Crippen molar-refractivity contribution in [3.05, 3.63) is 29.8 Å². The van der Waals surface area contributed by atoms with Gasteiger partial charge < -0.3 is 4.90 Å². The highest BCUT2D eigenvalue weighted by molar-refractivity contribution is 5.95. The zero-order chi connectivity index (χ0) is 12.3. The van der Waals surface area contributed by atoms with Gasteiger partial charge in [0, 0.05) is 12.2 Å². The van der Waals surface area contributed by atoms with Gasteiger partial charge in [0.05, 0.1) is 6.54 Å². The lowest BCUT2D eigenvalue weighted by Crippen LogP contribution is -2.41. The smallest absolute Gasteiger partial charge is 0.241 e. The quantitative estimate of drug-likeness (QED) is 0.795. The number of para-hydroxylation sites is 1. The third-order valence-corrected chi connectivity index (χ3v) is 3.36. The summed E-state index contributed by atoms with van der Waals surface area (Å²) >= 11 is 0. The molecule has 0 N–H and O–H groups in total. The Hall–Kier alpha value is -1.35. The standard InChI is InChI=1S/C14H20N2O/c1-3-15(2)11-14(17)16-10-6-8-12-7-4-5-9-13(12)16/h4-5,7,9H,3,6,8,10-11H2,1-2H3. The van der Waals surface area contributed by atoms with Gasteiger partial charge in [-0.3, -0.25) is 9.69 Å². The van der Waals surface area contributed by atoms with Crippen LogP contribution in [0.15, 0.2) is 24.3 Å². The van der Waals surface area contributed by atoms with E-state index in [1.807, 2.05) is 29.0 Å². The highest BCUT2D eigenvalue weighted by Crippen LogP contribution is 2.26. The van der Waals surface area contributed by atoms with Crippen LogP contribution in [-0.2, 0) is 11.2 Å². The molecule has 17 heavy (non-hydrogen) atoms. The number of hydrogen-bond donors (Lipinski definition) is 0. The number of likely N-dealkylation sites (N-methyl/N-ethyl adjacent to an activating group) is 1. The van der Waals surface area contributed by atoms with E-state index in [1.54, 1.807) is 0 Å². The van der Waals surface area contributed by atoms with Gasteiger partial charge in [-0.1, -0.05) is 25.1 Å². The van der Waals surface area contributed by atoms with Crippen molar-refractivity contribution in [2.45, 2.75) is 19.8 Å². The number of carbonyl (C=O) groups excluding carboxylic acids is 1. The van der Waals surface area contributed by atoms with E-state index in [0.29, 0.717) is 6.54 Å². The first-order valence-corrected chi connectivity index (χ1v) is 6.29. The Kier molecular flexibility index (Phi) is 3.79. The third-order valence-electron chi connectivity index (χ3n) is 3.36. The SMILES string of the molecule is CCN(C)CC(=O)N1CCCc2ccccc21. The maximum absolute atomic E-state index is 12.2. The maximum atomic E-state index is 12.2. The second kappa shape index (κ2) is 5.32. The van der Waals surface area contributed by atoms with Crippen LogP contribution in [0, 0.1) is 0 Å². The molecule has 0 spiro atoms. The van der Waals surface area contributed by atoms with Crippen LogP contribution in [0.3, 0.4) is 0 Å². The molecule has 0 unspecified atom stereocenters. The summed E-state index contributed by atoms with van der Waals surface area (Å²) in [4.78, 5) is 16.2. The molecule has 1 aliphatic heterocycles. The van der Waals surface area contributed by atoms with Crippen LogP contribution < -0.4 is 4.90 Å². The van der Waals surface area contributed by atoms with Gasteiger partial charge in [0.1, 0.15) is 0 Å². The number of amides is 1. The maximum Gasteiger partial charge on any atom is 0.241 e. The fraction of sp³-hybridized carbons (Fsp3) is 0.500.